The van der Waals surface area contributed by atoms with E-state index in [2.05, 4.69) is 0 Å². The second-order valence-electron chi connectivity index (χ2n) is 4.13. The van der Waals surface area contributed by atoms with Gasteiger partial charge in [-0.1, -0.05) is 23.8 Å². The highest BCUT2D eigenvalue weighted by molar-refractivity contribution is 7.95. The van der Waals surface area contributed by atoms with E-state index in [0.29, 0.717) is 5.03 Å². The molecule has 0 saturated heterocycles. The fourth-order valence-electron chi connectivity index (χ4n) is 2.89. The minimum absolute atomic E-state index is 0.0509. The predicted octanol–water partition coefficient (Wildman–Crippen LogP) is 2.05. The molecule has 1 heterocycles. The summed E-state index contributed by atoms with van der Waals surface area (Å²) in [5, 5.41) is 0.901. The van der Waals surface area contributed by atoms with Crippen molar-refractivity contribution < 1.29 is 8.42 Å². The smallest absolute Gasteiger partial charge is 0.178 e. The van der Waals surface area contributed by atoms with Gasteiger partial charge in [0.15, 0.2) is 9.84 Å². The summed E-state index contributed by atoms with van der Waals surface area (Å²) in [6, 6.07) is 0. The second-order valence-corrected chi connectivity index (χ2v) is 7.09. The van der Waals surface area contributed by atoms with E-state index in [1.54, 1.807) is 0 Å². The lowest BCUT2D eigenvalue weighted by molar-refractivity contribution is 0.551. The lowest BCUT2D eigenvalue weighted by Gasteiger charge is -2.29. The summed E-state index contributed by atoms with van der Waals surface area (Å²) in [5.74, 6) is 0.134. The lowest BCUT2D eigenvalue weighted by atomic mass is 9.92. The van der Waals surface area contributed by atoms with Gasteiger partial charge >= 0.3 is 0 Å². The molecule has 0 N–H and O–H groups in total. The second kappa shape index (κ2) is 2.39. The molecule has 1 aliphatic heterocycles. The molecule has 0 aromatic heterocycles. The Balaban J connectivity index is 2.27. The number of allylic oxidation sites excluding steroid dienone is 3. The quantitative estimate of drug-likeness (QED) is 0.487. The van der Waals surface area contributed by atoms with E-state index in [-0.39, 0.29) is 11.8 Å². The standard InChI is InChI=1S/C9H8Cl2O2S/c10-7-4-14(12,13)8-5-1-2-6(3-5)9(7,8)11/h1-2,4-6,8H,3H2/t5-,6+,8?,9+/m1/s1. The Labute approximate surface area is 92.5 Å². The largest absolute Gasteiger partial charge is 0.224 e. The lowest BCUT2D eigenvalue weighted by Crippen LogP contribution is -2.40. The molecule has 5 heteroatoms. The van der Waals surface area contributed by atoms with Crippen molar-refractivity contribution in [1.82, 2.24) is 0 Å². The first-order valence-corrected chi connectivity index (χ1v) is 6.81. The van der Waals surface area contributed by atoms with Crippen LogP contribution in [0, 0.1) is 11.8 Å². The number of fused-ring (bicyclic) bond motifs is 5. The van der Waals surface area contributed by atoms with E-state index in [1.165, 1.54) is 0 Å². The summed E-state index contributed by atoms with van der Waals surface area (Å²) in [5.41, 5.74) is 0. The molecule has 3 aliphatic rings. The Bertz CT molecular complexity index is 465. The predicted molar refractivity (Wildman–Crippen MR) is 56.0 cm³/mol. The highest BCUT2D eigenvalue weighted by Crippen LogP contribution is 2.60. The van der Waals surface area contributed by atoms with Gasteiger partial charge in [0.2, 0.25) is 0 Å². The molecule has 2 aliphatic carbocycles. The van der Waals surface area contributed by atoms with Crippen LogP contribution in [0.25, 0.3) is 0 Å². The van der Waals surface area contributed by atoms with E-state index >= 15 is 0 Å². The Morgan fingerprint density at radius 3 is 2.79 bits per heavy atom. The van der Waals surface area contributed by atoms with Crippen LogP contribution in [0.5, 0.6) is 0 Å². The van der Waals surface area contributed by atoms with E-state index < -0.39 is 20.0 Å². The Morgan fingerprint density at radius 2 is 2.14 bits per heavy atom. The molecule has 2 nitrogen and oxygen atoms in total. The molecule has 76 valence electrons. The average molecular weight is 251 g/mol. The number of sulfone groups is 1. The van der Waals surface area contributed by atoms with E-state index in [1.807, 2.05) is 12.2 Å². The number of rotatable bonds is 0. The molecule has 14 heavy (non-hydrogen) atoms. The van der Waals surface area contributed by atoms with Gasteiger partial charge in [0.25, 0.3) is 0 Å². The average Bonchev–Trinajstić information content (AvgIpc) is 2.64. The van der Waals surface area contributed by atoms with Crippen molar-refractivity contribution in [3.8, 4) is 0 Å². The number of hydrogen-bond acceptors (Lipinski definition) is 2. The highest BCUT2D eigenvalue weighted by atomic mass is 35.5. The van der Waals surface area contributed by atoms with Crippen LogP contribution in [0.4, 0.5) is 0 Å². The third-order valence-electron chi connectivity index (χ3n) is 3.45. The van der Waals surface area contributed by atoms with Crippen molar-refractivity contribution in [3.63, 3.8) is 0 Å². The van der Waals surface area contributed by atoms with Crippen LogP contribution in [0.1, 0.15) is 6.42 Å². The number of alkyl halides is 1. The molecule has 1 unspecified atom stereocenters. The monoisotopic (exact) mass is 250 g/mol. The topological polar surface area (TPSA) is 34.1 Å². The van der Waals surface area contributed by atoms with Crippen LogP contribution in [0.2, 0.25) is 0 Å². The maximum Gasteiger partial charge on any atom is 0.178 e. The summed E-state index contributed by atoms with van der Waals surface area (Å²) < 4.78 is 23.5. The maximum absolute atomic E-state index is 11.8. The van der Waals surface area contributed by atoms with Crippen LogP contribution in [-0.4, -0.2) is 18.5 Å². The van der Waals surface area contributed by atoms with Crippen LogP contribution >= 0.6 is 23.2 Å². The molecule has 1 saturated carbocycles. The minimum Gasteiger partial charge on any atom is -0.224 e. The van der Waals surface area contributed by atoms with Gasteiger partial charge in [-0.25, -0.2) is 8.42 Å². The van der Waals surface area contributed by atoms with Crippen LogP contribution in [0.15, 0.2) is 22.6 Å². The van der Waals surface area contributed by atoms with Gasteiger partial charge in [0, 0.05) is 11.3 Å². The van der Waals surface area contributed by atoms with Crippen molar-refractivity contribution in [1.29, 1.82) is 0 Å². The first kappa shape index (κ1) is 9.25. The van der Waals surface area contributed by atoms with E-state index in [0.717, 1.165) is 11.8 Å². The maximum atomic E-state index is 11.8. The van der Waals surface area contributed by atoms with Gasteiger partial charge in [-0.3, -0.25) is 0 Å². The Kier molecular flexibility index (Phi) is 1.58. The first-order valence-electron chi connectivity index (χ1n) is 4.45. The Hall–Kier alpha value is 0.01000. The molecular weight excluding hydrogens is 243 g/mol. The van der Waals surface area contributed by atoms with Crippen molar-refractivity contribution in [2.45, 2.75) is 16.5 Å². The van der Waals surface area contributed by atoms with Gasteiger partial charge in [-0.05, 0) is 12.3 Å². The summed E-state index contributed by atoms with van der Waals surface area (Å²) in [4.78, 5) is -0.861. The van der Waals surface area contributed by atoms with Gasteiger partial charge in [-0.15, -0.1) is 11.6 Å². The van der Waals surface area contributed by atoms with Gasteiger partial charge < -0.3 is 0 Å². The summed E-state index contributed by atoms with van der Waals surface area (Å²) in [6.07, 6.45) is 4.76. The van der Waals surface area contributed by atoms with Crippen LogP contribution in [-0.2, 0) is 9.84 Å². The molecule has 0 radical (unpaired) electrons. The van der Waals surface area contributed by atoms with Gasteiger partial charge in [0.05, 0.1) is 10.3 Å². The third kappa shape index (κ3) is 0.825. The van der Waals surface area contributed by atoms with Crippen molar-refractivity contribution in [3.05, 3.63) is 22.6 Å². The summed E-state index contributed by atoms with van der Waals surface area (Å²) in [7, 11) is -3.24. The zero-order valence-electron chi connectivity index (χ0n) is 7.15. The molecule has 0 aromatic rings. The van der Waals surface area contributed by atoms with Gasteiger partial charge in [-0.2, -0.15) is 0 Å². The highest BCUT2D eigenvalue weighted by Gasteiger charge is 2.64. The molecule has 2 bridgehead atoms. The van der Waals surface area contributed by atoms with Crippen LogP contribution < -0.4 is 0 Å². The van der Waals surface area contributed by atoms with Crippen molar-refractivity contribution in [2.75, 3.05) is 0 Å². The number of halogens is 2. The number of hydrogen-bond donors (Lipinski definition) is 0. The van der Waals surface area contributed by atoms with Crippen molar-refractivity contribution in [2.24, 2.45) is 11.8 Å². The molecule has 0 aromatic carbocycles. The fraction of sp³-hybridized carbons (Fsp3) is 0.556. The Morgan fingerprint density at radius 1 is 1.43 bits per heavy atom. The fourth-order valence-corrected chi connectivity index (χ4v) is 6.50. The summed E-state index contributed by atoms with van der Waals surface area (Å²) in [6.45, 7) is 0. The SMILES string of the molecule is O=S1(=O)C=C(Cl)[C@]2(Cl)C1[C@@H]1C=C[C@H]2C1. The molecule has 3 rings (SSSR count). The zero-order chi connectivity index (χ0) is 10.1. The van der Waals surface area contributed by atoms with Crippen molar-refractivity contribution >= 4 is 33.0 Å². The van der Waals surface area contributed by atoms with E-state index in [4.69, 9.17) is 23.2 Å². The van der Waals surface area contributed by atoms with Crippen LogP contribution in [0.3, 0.4) is 0 Å². The summed E-state index contributed by atoms with van der Waals surface area (Å²) >= 11 is 12.3. The minimum atomic E-state index is -3.24. The molecular formula is C9H8Cl2O2S. The van der Waals surface area contributed by atoms with E-state index in [9.17, 15) is 8.42 Å². The molecule has 0 amide bonds. The molecule has 4 atom stereocenters. The van der Waals surface area contributed by atoms with Gasteiger partial charge in [0.1, 0.15) is 4.87 Å². The third-order valence-corrected chi connectivity index (χ3v) is 6.94. The molecule has 1 fully saturated rings. The zero-order valence-corrected chi connectivity index (χ0v) is 9.48. The molecule has 0 spiro atoms. The first-order chi connectivity index (χ1) is 6.46. The normalized spacial score (nSPS) is 52.1.